The summed E-state index contributed by atoms with van der Waals surface area (Å²) in [5.41, 5.74) is 0.719. The van der Waals surface area contributed by atoms with E-state index in [0.717, 1.165) is 18.7 Å². The third-order valence-electron chi connectivity index (χ3n) is 3.00. The van der Waals surface area contributed by atoms with Gasteiger partial charge < -0.3 is 9.30 Å². The molecule has 20 heavy (non-hydrogen) atoms. The maximum absolute atomic E-state index is 12.1. The van der Waals surface area contributed by atoms with Crippen LogP contribution in [0.4, 0.5) is 4.79 Å². The zero-order valence-corrected chi connectivity index (χ0v) is 12.5. The molecular weight excluding hydrogens is 258 g/mol. The van der Waals surface area contributed by atoms with Gasteiger partial charge in [-0.1, -0.05) is 6.92 Å². The van der Waals surface area contributed by atoms with E-state index in [1.165, 1.54) is 4.90 Å². The molecule has 0 atom stereocenters. The summed E-state index contributed by atoms with van der Waals surface area (Å²) in [6.45, 7) is 8.68. The Bertz CT molecular complexity index is 528. The van der Waals surface area contributed by atoms with Crippen LogP contribution in [0, 0.1) is 0 Å². The maximum atomic E-state index is 12.1. The molecule has 0 N–H and O–H groups in total. The van der Waals surface area contributed by atoms with Crippen LogP contribution in [-0.2, 0) is 17.8 Å². The van der Waals surface area contributed by atoms with Crippen LogP contribution in [0.3, 0.4) is 0 Å². The first-order valence-corrected chi connectivity index (χ1v) is 6.87. The highest BCUT2D eigenvalue weighted by Crippen LogP contribution is 2.20. The molecule has 0 fully saturated rings. The number of ketones is 1. The molecule has 6 heteroatoms. The van der Waals surface area contributed by atoms with Crippen molar-refractivity contribution in [2.75, 3.05) is 6.54 Å². The summed E-state index contributed by atoms with van der Waals surface area (Å²) < 4.78 is 7.26. The number of hydrogen-bond acceptors (Lipinski definition) is 4. The van der Waals surface area contributed by atoms with Crippen LogP contribution in [0.1, 0.15) is 50.3 Å². The number of nitrogens with zero attached hydrogens (tertiary/aromatic N) is 3. The van der Waals surface area contributed by atoms with Crippen molar-refractivity contribution in [1.29, 1.82) is 0 Å². The van der Waals surface area contributed by atoms with Crippen LogP contribution in [0.5, 0.6) is 0 Å². The molecule has 110 valence electrons. The van der Waals surface area contributed by atoms with Gasteiger partial charge in [0.2, 0.25) is 5.78 Å². The van der Waals surface area contributed by atoms with Crippen LogP contribution < -0.4 is 0 Å². The summed E-state index contributed by atoms with van der Waals surface area (Å²) in [6, 6.07) is 0. The van der Waals surface area contributed by atoms with E-state index in [1.54, 1.807) is 6.33 Å². The summed E-state index contributed by atoms with van der Waals surface area (Å²) in [6.07, 6.45) is 2.16. The Hall–Kier alpha value is -1.85. The molecule has 1 amide bonds. The Labute approximate surface area is 118 Å². The Kier molecular flexibility index (Phi) is 3.83. The number of aryl methyl sites for hydroxylation is 1. The monoisotopic (exact) mass is 279 g/mol. The lowest BCUT2D eigenvalue weighted by Crippen LogP contribution is -2.43. The van der Waals surface area contributed by atoms with E-state index in [0.29, 0.717) is 12.2 Å². The van der Waals surface area contributed by atoms with Crippen molar-refractivity contribution in [1.82, 2.24) is 14.5 Å². The van der Waals surface area contributed by atoms with E-state index < -0.39 is 11.7 Å². The van der Waals surface area contributed by atoms with Crippen LogP contribution in [0.2, 0.25) is 0 Å². The third-order valence-corrected chi connectivity index (χ3v) is 3.00. The predicted molar refractivity (Wildman–Crippen MR) is 73.5 cm³/mol. The third kappa shape index (κ3) is 3.00. The van der Waals surface area contributed by atoms with Gasteiger partial charge in [0.1, 0.15) is 11.3 Å². The zero-order chi connectivity index (χ0) is 14.9. The first-order chi connectivity index (χ1) is 9.31. The van der Waals surface area contributed by atoms with Gasteiger partial charge in [0.25, 0.3) is 0 Å². The molecular formula is C14H21N3O3. The molecule has 0 bridgehead atoms. The minimum Gasteiger partial charge on any atom is -0.444 e. The van der Waals surface area contributed by atoms with Gasteiger partial charge in [-0.05, 0) is 27.2 Å². The largest absolute Gasteiger partial charge is 0.444 e. The number of Topliss-reactive ketones (excluding diaryl/α,β-unsaturated/α-hetero) is 1. The summed E-state index contributed by atoms with van der Waals surface area (Å²) in [5.74, 6) is -0.132. The van der Waals surface area contributed by atoms with Crippen LogP contribution in [0.15, 0.2) is 6.33 Å². The number of rotatable bonds is 2. The summed E-state index contributed by atoms with van der Waals surface area (Å²) >= 11 is 0. The van der Waals surface area contributed by atoms with E-state index in [4.69, 9.17) is 4.74 Å². The second-order valence-corrected chi connectivity index (χ2v) is 5.99. The molecule has 1 aromatic heterocycles. The van der Waals surface area contributed by atoms with Gasteiger partial charge in [-0.3, -0.25) is 9.69 Å². The molecule has 0 aromatic carbocycles. The predicted octanol–water partition coefficient (Wildman–Crippen LogP) is 2.23. The molecule has 0 saturated carbocycles. The smallest absolute Gasteiger partial charge is 0.411 e. The van der Waals surface area contributed by atoms with Crippen molar-refractivity contribution in [2.24, 2.45) is 0 Å². The fourth-order valence-electron chi connectivity index (χ4n) is 2.18. The van der Waals surface area contributed by atoms with E-state index in [9.17, 15) is 9.59 Å². The molecule has 0 spiro atoms. The lowest BCUT2D eigenvalue weighted by atomic mass is 10.1. The molecule has 1 aromatic rings. The minimum absolute atomic E-state index is 0.0328. The average molecular weight is 279 g/mol. The number of carbonyl (C=O) groups is 2. The minimum atomic E-state index is -0.565. The first kappa shape index (κ1) is 14.6. The highest BCUT2D eigenvalue weighted by atomic mass is 16.6. The first-order valence-electron chi connectivity index (χ1n) is 6.87. The zero-order valence-electron chi connectivity index (χ0n) is 12.5. The van der Waals surface area contributed by atoms with Crippen molar-refractivity contribution < 1.29 is 14.3 Å². The molecule has 2 heterocycles. The van der Waals surface area contributed by atoms with Crippen molar-refractivity contribution in [2.45, 2.75) is 52.8 Å². The van der Waals surface area contributed by atoms with Gasteiger partial charge in [-0.2, -0.15) is 0 Å². The summed E-state index contributed by atoms with van der Waals surface area (Å²) in [7, 11) is 0. The van der Waals surface area contributed by atoms with Gasteiger partial charge in [-0.15, -0.1) is 0 Å². The normalized spacial score (nSPS) is 15.2. The molecule has 0 radical (unpaired) electrons. The Morgan fingerprint density at radius 1 is 1.40 bits per heavy atom. The second-order valence-electron chi connectivity index (χ2n) is 5.99. The van der Waals surface area contributed by atoms with Gasteiger partial charge >= 0.3 is 6.09 Å². The van der Waals surface area contributed by atoms with Crippen molar-refractivity contribution >= 4 is 11.9 Å². The van der Waals surface area contributed by atoms with Gasteiger partial charge in [0, 0.05) is 6.54 Å². The SMILES string of the molecule is CCCn1cnc2c1CN(C(=O)OC(C)(C)C)CC2=O. The number of imidazole rings is 1. The number of aromatic nitrogens is 2. The van der Waals surface area contributed by atoms with Crippen molar-refractivity contribution in [3.63, 3.8) is 0 Å². The van der Waals surface area contributed by atoms with Crippen molar-refractivity contribution in [3.05, 3.63) is 17.7 Å². The lowest BCUT2D eigenvalue weighted by Gasteiger charge is -2.29. The van der Waals surface area contributed by atoms with E-state index in [2.05, 4.69) is 11.9 Å². The number of fused-ring (bicyclic) bond motifs is 1. The molecule has 2 rings (SSSR count). The Morgan fingerprint density at radius 2 is 2.10 bits per heavy atom. The number of amides is 1. The van der Waals surface area contributed by atoms with Gasteiger partial charge in [0.05, 0.1) is 25.1 Å². The maximum Gasteiger partial charge on any atom is 0.411 e. The van der Waals surface area contributed by atoms with E-state index >= 15 is 0 Å². The summed E-state index contributed by atoms with van der Waals surface area (Å²) in [5, 5.41) is 0. The average Bonchev–Trinajstić information content (AvgIpc) is 2.71. The molecule has 6 nitrogen and oxygen atoms in total. The topological polar surface area (TPSA) is 64.4 Å². The quantitative estimate of drug-likeness (QED) is 0.832. The highest BCUT2D eigenvalue weighted by Gasteiger charge is 2.32. The van der Waals surface area contributed by atoms with E-state index in [1.807, 2.05) is 25.3 Å². The Morgan fingerprint density at radius 3 is 2.70 bits per heavy atom. The van der Waals surface area contributed by atoms with Crippen LogP contribution >= 0.6 is 0 Å². The molecule has 0 saturated heterocycles. The standard InChI is InChI=1S/C14H21N3O3/c1-5-6-16-9-15-12-10(16)7-17(8-11(12)18)13(19)20-14(2,3)4/h9H,5-8H2,1-4H3. The van der Waals surface area contributed by atoms with Gasteiger partial charge in [0.15, 0.2) is 0 Å². The number of hydrogen-bond donors (Lipinski definition) is 0. The molecule has 0 unspecified atom stereocenters. The fraction of sp³-hybridized carbons (Fsp3) is 0.643. The van der Waals surface area contributed by atoms with E-state index in [-0.39, 0.29) is 12.3 Å². The highest BCUT2D eigenvalue weighted by molar-refractivity contribution is 5.99. The van der Waals surface area contributed by atoms with Crippen LogP contribution in [-0.4, -0.2) is 38.5 Å². The van der Waals surface area contributed by atoms with Crippen molar-refractivity contribution in [3.8, 4) is 0 Å². The second kappa shape index (κ2) is 5.26. The molecule has 1 aliphatic heterocycles. The number of carbonyl (C=O) groups excluding carboxylic acids is 2. The molecule has 0 aliphatic carbocycles. The summed E-state index contributed by atoms with van der Waals surface area (Å²) in [4.78, 5) is 29.7. The number of ether oxygens (including phenoxy) is 1. The fourth-order valence-corrected chi connectivity index (χ4v) is 2.18. The molecule has 1 aliphatic rings. The van der Waals surface area contributed by atoms with Gasteiger partial charge in [-0.25, -0.2) is 9.78 Å². The Balaban J connectivity index is 2.19. The van der Waals surface area contributed by atoms with Crippen LogP contribution in [0.25, 0.3) is 0 Å². The lowest BCUT2D eigenvalue weighted by molar-refractivity contribution is 0.0215.